The molecule has 6 rings (SSSR count). The average molecular weight is 517 g/mol. The second-order valence-corrected chi connectivity index (χ2v) is 12.0. The van der Waals surface area contributed by atoms with Crippen molar-refractivity contribution in [1.29, 1.82) is 0 Å². The van der Waals surface area contributed by atoms with Crippen LogP contribution in [0.1, 0.15) is 50.4 Å². The Labute approximate surface area is 220 Å². The number of amides is 2. The van der Waals surface area contributed by atoms with E-state index < -0.39 is 0 Å². The number of aromatic nitrogens is 1. The molecule has 2 N–H and O–H groups in total. The van der Waals surface area contributed by atoms with E-state index in [0.29, 0.717) is 6.54 Å². The van der Waals surface area contributed by atoms with Crippen molar-refractivity contribution in [3.8, 4) is 5.00 Å². The van der Waals surface area contributed by atoms with Crippen molar-refractivity contribution in [2.45, 2.75) is 58.7 Å². The topological polar surface area (TPSA) is 49.3 Å². The Morgan fingerprint density at radius 1 is 0.944 bits per heavy atom. The third-order valence-electron chi connectivity index (χ3n) is 7.40. The zero-order valence-corrected chi connectivity index (χ0v) is 22.3. The molecule has 1 aliphatic heterocycles. The summed E-state index contributed by atoms with van der Waals surface area (Å²) in [4.78, 5) is 18.4. The summed E-state index contributed by atoms with van der Waals surface area (Å²) in [6, 6.07) is 14.7. The average Bonchev–Trinajstić information content (AvgIpc) is 3.62. The number of aryl methyl sites for hydroxylation is 1. The minimum Gasteiger partial charge on any atom is -0.334 e. The first-order chi connectivity index (χ1) is 17.7. The smallest absolute Gasteiger partial charge is 0.320 e. The highest BCUT2D eigenvalue weighted by molar-refractivity contribution is 7.16. The van der Waals surface area contributed by atoms with Gasteiger partial charge in [-0.2, -0.15) is 0 Å². The Balaban J connectivity index is 1.18. The first kappa shape index (κ1) is 23.5. The fraction of sp³-hybridized carbons (Fsp3) is 0.345. The van der Waals surface area contributed by atoms with Crippen LogP contribution in [0.2, 0.25) is 0 Å². The zero-order chi connectivity index (χ0) is 24.5. The lowest BCUT2D eigenvalue weighted by molar-refractivity contribution is 0.247. The number of benzene rings is 1. The molecular weight excluding hydrogens is 484 g/mol. The van der Waals surface area contributed by atoms with Crippen LogP contribution in [0.3, 0.4) is 0 Å². The molecule has 0 unspecified atom stereocenters. The van der Waals surface area contributed by atoms with E-state index in [4.69, 9.17) is 0 Å². The molecule has 5 nitrogen and oxygen atoms in total. The van der Waals surface area contributed by atoms with Gasteiger partial charge in [0.25, 0.3) is 0 Å². The zero-order valence-electron chi connectivity index (χ0n) is 20.7. The molecule has 1 aromatic carbocycles. The van der Waals surface area contributed by atoms with E-state index in [1.807, 2.05) is 11.3 Å². The van der Waals surface area contributed by atoms with E-state index >= 15 is 0 Å². The molecule has 4 heterocycles. The van der Waals surface area contributed by atoms with Crippen LogP contribution in [0.4, 0.5) is 9.80 Å². The summed E-state index contributed by atoms with van der Waals surface area (Å²) < 4.78 is 2.19. The van der Waals surface area contributed by atoms with Gasteiger partial charge in [-0.1, -0.05) is 30.3 Å². The highest BCUT2D eigenvalue weighted by Gasteiger charge is 2.26. The number of anilines is 1. The number of fused-ring (bicyclic) bond motifs is 2. The SMILES string of the molecule is Cc1c(NC(=O)NCc2c(-n3cccc3)sc3c2CCN(Cc2ccccc2)C3)sc2c1CCCC2. The molecular formula is C29H32N4OS2. The number of rotatable bonds is 6. The number of hydrogen-bond donors (Lipinski definition) is 2. The molecule has 0 fully saturated rings. The summed E-state index contributed by atoms with van der Waals surface area (Å²) in [6.45, 7) is 5.64. The minimum atomic E-state index is -0.114. The lowest BCUT2D eigenvalue weighted by Gasteiger charge is -2.27. The Bertz CT molecular complexity index is 1350. The molecule has 1 aliphatic carbocycles. The Kier molecular flexibility index (Phi) is 6.69. The van der Waals surface area contributed by atoms with Gasteiger partial charge in [0.15, 0.2) is 0 Å². The van der Waals surface area contributed by atoms with Crippen molar-refractivity contribution < 1.29 is 4.79 Å². The van der Waals surface area contributed by atoms with Crippen LogP contribution in [0.25, 0.3) is 5.00 Å². The molecule has 36 heavy (non-hydrogen) atoms. The number of carbonyl (C=O) groups is 1. The molecule has 0 bridgehead atoms. The van der Waals surface area contributed by atoms with Gasteiger partial charge in [-0.15, -0.1) is 22.7 Å². The van der Waals surface area contributed by atoms with Gasteiger partial charge in [0, 0.05) is 53.9 Å². The van der Waals surface area contributed by atoms with Gasteiger partial charge in [-0.25, -0.2) is 4.79 Å². The Hall–Kier alpha value is -2.87. The summed E-state index contributed by atoms with van der Waals surface area (Å²) in [5, 5.41) is 8.56. The van der Waals surface area contributed by atoms with E-state index in [1.165, 1.54) is 55.4 Å². The predicted octanol–water partition coefficient (Wildman–Crippen LogP) is 6.67. The third kappa shape index (κ3) is 4.75. The molecule has 4 aromatic rings. The van der Waals surface area contributed by atoms with Crippen molar-refractivity contribution in [2.24, 2.45) is 0 Å². The van der Waals surface area contributed by atoms with Crippen molar-refractivity contribution in [3.05, 3.63) is 92.4 Å². The third-order valence-corrected chi connectivity index (χ3v) is 9.98. The van der Waals surface area contributed by atoms with E-state index in [-0.39, 0.29) is 6.03 Å². The van der Waals surface area contributed by atoms with Crippen LogP contribution < -0.4 is 10.6 Å². The van der Waals surface area contributed by atoms with E-state index in [9.17, 15) is 4.79 Å². The van der Waals surface area contributed by atoms with Crippen LogP contribution in [0.5, 0.6) is 0 Å². The highest BCUT2D eigenvalue weighted by atomic mass is 32.1. The molecule has 0 atom stereocenters. The second kappa shape index (κ2) is 10.2. The number of hydrogen-bond acceptors (Lipinski definition) is 4. The molecule has 2 amide bonds. The largest absolute Gasteiger partial charge is 0.334 e. The summed E-state index contributed by atoms with van der Waals surface area (Å²) in [5.41, 5.74) is 6.74. The van der Waals surface area contributed by atoms with Gasteiger partial charge < -0.3 is 9.88 Å². The number of carbonyl (C=O) groups excluding carboxylic acids is 1. The molecule has 0 radical (unpaired) electrons. The van der Waals surface area contributed by atoms with E-state index in [2.05, 4.69) is 81.9 Å². The van der Waals surface area contributed by atoms with Crippen LogP contribution in [-0.4, -0.2) is 22.0 Å². The maximum atomic E-state index is 13.0. The van der Waals surface area contributed by atoms with Crippen molar-refractivity contribution in [1.82, 2.24) is 14.8 Å². The van der Waals surface area contributed by atoms with Gasteiger partial charge in [-0.3, -0.25) is 10.2 Å². The lowest BCUT2D eigenvalue weighted by Crippen LogP contribution is -2.31. The maximum Gasteiger partial charge on any atom is 0.320 e. The van der Waals surface area contributed by atoms with Crippen molar-refractivity contribution in [2.75, 3.05) is 11.9 Å². The van der Waals surface area contributed by atoms with Crippen LogP contribution in [0.15, 0.2) is 54.9 Å². The van der Waals surface area contributed by atoms with Crippen LogP contribution >= 0.6 is 22.7 Å². The molecule has 0 saturated heterocycles. The van der Waals surface area contributed by atoms with E-state index in [0.717, 1.165) is 43.9 Å². The fourth-order valence-corrected chi connectivity index (χ4v) is 8.17. The number of urea groups is 1. The molecule has 186 valence electrons. The summed E-state index contributed by atoms with van der Waals surface area (Å²) in [6.07, 6.45) is 10.0. The highest BCUT2D eigenvalue weighted by Crippen LogP contribution is 2.38. The standard InChI is InChI=1S/C29H32N4OS2/c1-20-22-11-5-6-12-25(22)35-27(20)31-29(34)30-17-24-23-13-16-32(18-21-9-3-2-4-10-21)19-26(23)36-28(24)33-14-7-8-15-33/h2-4,7-10,14-15H,5-6,11-13,16-19H2,1H3,(H2,30,31,34). The molecule has 0 saturated carbocycles. The molecule has 0 spiro atoms. The van der Waals surface area contributed by atoms with Crippen LogP contribution in [0, 0.1) is 6.92 Å². The van der Waals surface area contributed by atoms with Gasteiger partial charge in [0.2, 0.25) is 0 Å². The number of thiophene rings is 2. The molecule has 7 heteroatoms. The normalized spacial score (nSPS) is 15.4. The summed E-state index contributed by atoms with van der Waals surface area (Å²) in [5.74, 6) is 0. The second-order valence-electron chi connectivity index (χ2n) is 9.80. The number of nitrogens with one attached hydrogen (secondary N) is 2. The predicted molar refractivity (Wildman–Crippen MR) is 149 cm³/mol. The Morgan fingerprint density at radius 3 is 2.56 bits per heavy atom. The van der Waals surface area contributed by atoms with Crippen molar-refractivity contribution >= 4 is 33.7 Å². The Morgan fingerprint density at radius 2 is 1.75 bits per heavy atom. The minimum absolute atomic E-state index is 0.114. The van der Waals surface area contributed by atoms with Gasteiger partial charge in [-0.05, 0) is 73.4 Å². The van der Waals surface area contributed by atoms with E-state index in [1.54, 1.807) is 11.3 Å². The van der Waals surface area contributed by atoms with Gasteiger partial charge in [0.1, 0.15) is 5.00 Å². The first-order valence-electron chi connectivity index (χ1n) is 12.8. The molecule has 3 aromatic heterocycles. The fourth-order valence-electron chi connectivity index (χ4n) is 5.50. The first-order valence-corrected chi connectivity index (χ1v) is 14.5. The van der Waals surface area contributed by atoms with Gasteiger partial charge >= 0.3 is 6.03 Å². The van der Waals surface area contributed by atoms with Crippen LogP contribution in [-0.2, 0) is 38.9 Å². The maximum absolute atomic E-state index is 13.0. The van der Waals surface area contributed by atoms with Crippen molar-refractivity contribution in [3.63, 3.8) is 0 Å². The summed E-state index contributed by atoms with van der Waals surface area (Å²) >= 11 is 3.62. The number of nitrogens with zero attached hydrogens (tertiary/aromatic N) is 2. The lowest BCUT2D eigenvalue weighted by atomic mass is 9.96. The van der Waals surface area contributed by atoms with Gasteiger partial charge in [0.05, 0.1) is 5.00 Å². The monoisotopic (exact) mass is 516 g/mol. The summed E-state index contributed by atoms with van der Waals surface area (Å²) in [7, 11) is 0. The quantitative estimate of drug-likeness (QED) is 0.301. The molecule has 2 aliphatic rings.